The number of fused-ring (bicyclic) bond motifs is 1. The predicted octanol–water partition coefficient (Wildman–Crippen LogP) is 4.52. The maximum Gasteiger partial charge on any atom is 0.117 e. The number of hydrogen-bond donors (Lipinski definition) is 0. The van der Waals surface area contributed by atoms with Gasteiger partial charge in [-0.2, -0.15) is 0 Å². The van der Waals surface area contributed by atoms with Crippen LogP contribution in [0.5, 0.6) is 0 Å². The van der Waals surface area contributed by atoms with Crippen LogP contribution in [0.4, 0.5) is 0 Å². The lowest BCUT2D eigenvalue weighted by Crippen LogP contribution is -2.01. The molecule has 0 N–H and O–H groups in total. The van der Waals surface area contributed by atoms with Crippen molar-refractivity contribution in [2.24, 2.45) is 0 Å². The summed E-state index contributed by atoms with van der Waals surface area (Å²) in [7, 11) is 0. The first-order chi connectivity index (χ1) is 9.74. The van der Waals surface area contributed by atoms with Crippen molar-refractivity contribution < 1.29 is 0 Å². The van der Waals surface area contributed by atoms with Crippen LogP contribution in [0.2, 0.25) is 0 Å². The van der Waals surface area contributed by atoms with Gasteiger partial charge in [-0.25, -0.2) is 4.98 Å². The molecule has 1 aromatic heterocycles. The van der Waals surface area contributed by atoms with Crippen molar-refractivity contribution in [2.45, 2.75) is 32.6 Å². The highest BCUT2D eigenvalue weighted by atomic mass is 15.1. The van der Waals surface area contributed by atoms with Crippen LogP contribution in [0.25, 0.3) is 16.7 Å². The van der Waals surface area contributed by atoms with Crippen LogP contribution in [0.15, 0.2) is 42.5 Å². The Labute approximate surface area is 119 Å². The molecule has 0 spiro atoms. The second-order valence-corrected chi connectivity index (χ2v) is 5.86. The van der Waals surface area contributed by atoms with Crippen LogP contribution in [-0.4, -0.2) is 9.55 Å². The van der Waals surface area contributed by atoms with E-state index in [4.69, 9.17) is 4.98 Å². The molecule has 1 saturated carbocycles. The normalized spacial score (nSPS) is 14.9. The second-order valence-electron chi connectivity index (χ2n) is 5.86. The summed E-state index contributed by atoms with van der Waals surface area (Å²) in [5, 5.41) is 0. The van der Waals surface area contributed by atoms with Gasteiger partial charge in [-0.3, -0.25) is 4.57 Å². The minimum Gasteiger partial charge on any atom is -0.296 e. The zero-order chi connectivity index (χ0) is 13.7. The van der Waals surface area contributed by atoms with Gasteiger partial charge in [0.05, 0.1) is 16.7 Å². The number of nitrogens with zero attached hydrogens (tertiary/aromatic N) is 2. The Morgan fingerprint density at radius 2 is 1.85 bits per heavy atom. The van der Waals surface area contributed by atoms with Gasteiger partial charge in [0.1, 0.15) is 5.82 Å². The minimum absolute atomic E-state index is 0.641. The van der Waals surface area contributed by atoms with Crippen molar-refractivity contribution >= 4 is 11.0 Å². The van der Waals surface area contributed by atoms with Crippen molar-refractivity contribution in [3.05, 3.63) is 59.4 Å². The third-order valence-electron chi connectivity index (χ3n) is 4.13. The number of aromatic nitrogens is 2. The van der Waals surface area contributed by atoms with E-state index >= 15 is 0 Å². The summed E-state index contributed by atoms with van der Waals surface area (Å²) in [6.07, 6.45) is 2.54. The number of imidazole rings is 1. The molecule has 0 unspecified atom stereocenters. The van der Waals surface area contributed by atoms with Gasteiger partial charge in [-0.05, 0) is 56.0 Å². The molecule has 4 rings (SSSR count). The Bertz CT molecular complexity index is 794. The number of hydrogen-bond acceptors (Lipinski definition) is 1. The fourth-order valence-corrected chi connectivity index (χ4v) is 2.89. The fraction of sp³-hybridized carbons (Fsp3) is 0.278. The minimum atomic E-state index is 0.641. The van der Waals surface area contributed by atoms with Gasteiger partial charge in [-0.1, -0.05) is 24.3 Å². The van der Waals surface area contributed by atoms with Crippen LogP contribution in [0.3, 0.4) is 0 Å². The fourth-order valence-electron chi connectivity index (χ4n) is 2.89. The first kappa shape index (κ1) is 11.7. The molecule has 1 aliphatic rings. The van der Waals surface area contributed by atoms with Crippen molar-refractivity contribution in [3.8, 4) is 5.69 Å². The topological polar surface area (TPSA) is 17.8 Å². The van der Waals surface area contributed by atoms with E-state index in [-0.39, 0.29) is 0 Å². The number of rotatable bonds is 2. The lowest BCUT2D eigenvalue weighted by Gasteiger charge is -2.11. The first-order valence-corrected chi connectivity index (χ1v) is 7.29. The molecule has 2 aromatic carbocycles. The number of benzene rings is 2. The molecule has 0 aliphatic heterocycles. The Balaban J connectivity index is 2.07. The standard InChI is InChI=1S/C18H18N2/c1-12-7-10-15-17(11-12)20(18(19-15)14-8-9-14)16-6-4-3-5-13(16)2/h3-7,10-11,14H,8-9H2,1-2H3. The third kappa shape index (κ3) is 1.75. The van der Waals surface area contributed by atoms with Crippen LogP contribution >= 0.6 is 0 Å². The van der Waals surface area contributed by atoms with E-state index in [2.05, 4.69) is 60.9 Å². The maximum absolute atomic E-state index is 4.90. The molecule has 20 heavy (non-hydrogen) atoms. The molecule has 0 amide bonds. The summed E-state index contributed by atoms with van der Waals surface area (Å²) in [5.74, 6) is 1.88. The molecule has 3 aromatic rings. The largest absolute Gasteiger partial charge is 0.296 e. The van der Waals surface area contributed by atoms with E-state index in [1.807, 2.05) is 0 Å². The smallest absolute Gasteiger partial charge is 0.117 e. The first-order valence-electron chi connectivity index (χ1n) is 7.29. The summed E-state index contributed by atoms with van der Waals surface area (Å²) in [6, 6.07) is 15.1. The Hall–Kier alpha value is -2.09. The van der Waals surface area contributed by atoms with E-state index in [1.54, 1.807) is 0 Å². The Morgan fingerprint density at radius 3 is 2.60 bits per heavy atom. The van der Waals surface area contributed by atoms with Gasteiger partial charge < -0.3 is 0 Å². The monoisotopic (exact) mass is 262 g/mol. The van der Waals surface area contributed by atoms with E-state index < -0.39 is 0 Å². The SMILES string of the molecule is Cc1ccc2nc(C3CC3)n(-c3ccccc3C)c2c1. The van der Waals surface area contributed by atoms with Crippen LogP contribution in [0.1, 0.15) is 35.7 Å². The summed E-state index contributed by atoms with van der Waals surface area (Å²) >= 11 is 0. The lowest BCUT2D eigenvalue weighted by molar-refractivity contribution is 0.891. The Kier molecular flexibility index (Phi) is 2.46. The quantitative estimate of drug-likeness (QED) is 0.664. The van der Waals surface area contributed by atoms with E-state index in [9.17, 15) is 0 Å². The summed E-state index contributed by atoms with van der Waals surface area (Å²) < 4.78 is 2.37. The number of aryl methyl sites for hydroxylation is 2. The summed E-state index contributed by atoms with van der Waals surface area (Å²) in [4.78, 5) is 4.90. The van der Waals surface area contributed by atoms with Gasteiger partial charge in [0.25, 0.3) is 0 Å². The van der Waals surface area contributed by atoms with E-state index in [1.165, 1.54) is 41.0 Å². The van der Waals surface area contributed by atoms with Crippen LogP contribution in [-0.2, 0) is 0 Å². The molecular formula is C18H18N2. The van der Waals surface area contributed by atoms with Crippen molar-refractivity contribution in [3.63, 3.8) is 0 Å². The molecule has 2 heteroatoms. The van der Waals surface area contributed by atoms with E-state index in [0.717, 1.165) is 5.52 Å². The van der Waals surface area contributed by atoms with E-state index in [0.29, 0.717) is 5.92 Å². The highest BCUT2D eigenvalue weighted by molar-refractivity contribution is 5.79. The average Bonchev–Trinajstić information content (AvgIpc) is 3.22. The zero-order valence-electron chi connectivity index (χ0n) is 11.9. The molecule has 1 heterocycles. The highest BCUT2D eigenvalue weighted by Crippen LogP contribution is 2.42. The van der Waals surface area contributed by atoms with Gasteiger partial charge in [0.15, 0.2) is 0 Å². The van der Waals surface area contributed by atoms with Crippen molar-refractivity contribution in [1.29, 1.82) is 0 Å². The summed E-state index contributed by atoms with van der Waals surface area (Å²) in [5.41, 5.74) is 6.20. The molecule has 1 aliphatic carbocycles. The number of para-hydroxylation sites is 1. The third-order valence-corrected chi connectivity index (χ3v) is 4.13. The van der Waals surface area contributed by atoms with Crippen molar-refractivity contribution in [2.75, 3.05) is 0 Å². The van der Waals surface area contributed by atoms with Gasteiger partial charge in [0.2, 0.25) is 0 Å². The predicted molar refractivity (Wildman–Crippen MR) is 82.5 cm³/mol. The molecule has 0 atom stereocenters. The zero-order valence-corrected chi connectivity index (χ0v) is 11.9. The second kappa shape index (κ2) is 4.20. The average molecular weight is 262 g/mol. The Morgan fingerprint density at radius 1 is 1.05 bits per heavy atom. The van der Waals surface area contributed by atoms with Gasteiger partial charge in [0, 0.05) is 5.92 Å². The molecule has 0 bridgehead atoms. The maximum atomic E-state index is 4.90. The molecule has 0 saturated heterocycles. The molecule has 1 fully saturated rings. The van der Waals surface area contributed by atoms with Gasteiger partial charge in [-0.15, -0.1) is 0 Å². The highest BCUT2D eigenvalue weighted by Gasteiger charge is 2.30. The summed E-state index contributed by atoms with van der Waals surface area (Å²) in [6.45, 7) is 4.32. The van der Waals surface area contributed by atoms with Crippen LogP contribution < -0.4 is 0 Å². The molecule has 100 valence electrons. The lowest BCUT2D eigenvalue weighted by atomic mass is 10.1. The molecule has 0 radical (unpaired) electrons. The van der Waals surface area contributed by atoms with Gasteiger partial charge >= 0.3 is 0 Å². The van der Waals surface area contributed by atoms with Crippen molar-refractivity contribution in [1.82, 2.24) is 9.55 Å². The molecular weight excluding hydrogens is 244 g/mol. The molecule has 2 nitrogen and oxygen atoms in total. The van der Waals surface area contributed by atoms with Crippen LogP contribution in [0, 0.1) is 13.8 Å².